The highest BCUT2D eigenvalue weighted by Crippen LogP contribution is 2.39. The van der Waals surface area contributed by atoms with Crippen molar-refractivity contribution in [1.29, 1.82) is 0 Å². The first-order valence-corrected chi connectivity index (χ1v) is 7.16. The van der Waals surface area contributed by atoms with Crippen molar-refractivity contribution in [2.75, 3.05) is 6.54 Å². The minimum atomic E-state index is 0.730. The van der Waals surface area contributed by atoms with Gasteiger partial charge in [0.2, 0.25) is 0 Å². The Morgan fingerprint density at radius 1 is 1.19 bits per heavy atom. The Kier molecular flexibility index (Phi) is 3.03. The van der Waals surface area contributed by atoms with Crippen LogP contribution in [0.3, 0.4) is 0 Å². The predicted molar refractivity (Wildman–Crippen MR) is 70.8 cm³/mol. The Balaban J connectivity index is 1.96. The number of nitrogens with one attached hydrogen (secondary N) is 1. The maximum atomic E-state index is 3.70. The zero-order chi connectivity index (χ0) is 11.0. The average molecular weight is 280 g/mol. The molecule has 1 aliphatic heterocycles. The van der Waals surface area contributed by atoms with E-state index in [0.29, 0.717) is 0 Å². The lowest BCUT2D eigenvalue weighted by Gasteiger charge is -2.31. The maximum Gasteiger partial charge on any atom is 0.0210 e. The Morgan fingerprint density at radius 3 is 2.94 bits per heavy atom. The maximum absolute atomic E-state index is 3.70. The number of halogens is 1. The fourth-order valence-electron chi connectivity index (χ4n) is 3.31. The molecule has 3 rings (SSSR count). The summed E-state index contributed by atoms with van der Waals surface area (Å²) in [6, 6.07) is 7.44. The van der Waals surface area contributed by atoms with E-state index in [2.05, 4.69) is 39.4 Å². The van der Waals surface area contributed by atoms with Gasteiger partial charge in [-0.2, -0.15) is 0 Å². The molecular weight excluding hydrogens is 262 g/mol. The number of rotatable bonds is 1. The van der Waals surface area contributed by atoms with Crippen LogP contribution in [-0.2, 0) is 6.42 Å². The van der Waals surface area contributed by atoms with Crippen LogP contribution in [0.4, 0.5) is 0 Å². The van der Waals surface area contributed by atoms with Gasteiger partial charge in [-0.1, -0.05) is 28.1 Å². The van der Waals surface area contributed by atoms with Crippen molar-refractivity contribution in [3.8, 4) is 0 Å². The molecule has 0 spiro atoms. The summed E-state index contributed by atoms with van der Waals surface area (Å²) in [6.45, 7) is 1.21. The summed E-state index contributed by atoms with van der Waals surface area (Å²) in [5.41, 5.74) is 3.16. The van der Waals surface area contributed by atoms with Gasteiger partial charge in [-0.25, -0.2) is 0 Å². The molecule has 1 fully saturated rings. The van der Waals surface area contributed by atoms with E-state index in [9.17, 15) is 0 Å². The fraction of sp³-hybridized carbons (Fsp3) is 0.571. The smallest absolute Gasteiger partial charge is 0.0210 e. The number of fused-ring (bicyclic) bond motifs is 1. The summed E-state index contributed by atoms with van der Waals surface area (Å²) in [6.07, 6.45) is 6.67. The topological polar surface area (TPSA) is 12.0 Å². The Morgan fingerprint density at radius 2 is 2.12 bits per heavy atom. The van der Waals surface area contributed by atoms with E-state index in [1.165, 1.54) is 43.1 Å². The SMILES string of the molecule is Brc1cccc2c1CCCC2C1CCCN1. The lowest BCUT2D eigenvalue weighted by atomic mass is 9.78. The van der Waals surface area contributed by atoms with Crippen LogP contribution in [0.5, 0.6) is 0 Å². The highest BCUT2D eigenvalue weighted by atomic mass is 79.9. The molecule has 1 saturated heterocycles. The van der Waals surface area contributed by atoms with Crippen molar-refractivity contribution in [1.82, 2.24) is 5.32 Å². The molecule has 1 aliphatic carbocycles. The van der Waals surface area contributed by atoms with Gasteiger partial charge in [0.05, 0.1) is 0 Å². The van der Waals surface area contributed by atoms with Gasteiger partial charge in [-0.3, -0.25) is 0 Å². The fourth-order valence-corrected chi connectivity index (χ4v) is 3.89. The van der Waals surface area contributed by atoms with Gasteiger partial charge in [0.15, 0.2) is 0 Å². The Labute approximate surface area is 106 Å². The second-order valence-corrected chi connectivity index (χ2v) is 5.86. The molecule has 0 aromatic heterocycles. The highest BCUT2D eigenvalue weighted by molar-refractivity contribution is 9.10. The standard InChI is InChI=1S/C14H18BrN/c15-13-7-2-4-10-11(13)5-1-6-12(10)14-8-3-9-16-14/h2,4,7,12,14,16H,1,3,5-6,8-9H2. The molecule has 1 aromatic rings. The third kappa shape index (κ3) is 1.82. The monoisotopic (exact) mass is 279 g/mol. The van der Waals surface area contributed by atoms with E-state index in [1.54, 1.807) is 11.1 Å². The molecule has 16 heavy (non-hydrogen) atoms. The molecule has 0 radical (unpaired) electrons. The van der Waals surface area contributed by atoms with Gasteiger partial charge >= 0.3 is 0 Å². The van der Waals surface area contributed by atoms with Crippen molar-refractivity contribution in [3.05, 3.63) is 33.8 Å². The highest BCUT2D eigenvalue weighted by Gasteiger charge is 2.30. The summed E-state index contributed by atoms with van der Waals surface area (Å²) in [5.74, 6) is 0.753. The first-order chi connectivity index (χ1) is 7.86. The van der Waals surface area contributed by atoms with E-state index in [-0.39, 0.29) is 0 Å². The second kappa shape index (κ2) is 4.50. The molecule has 2 heteroatoms. The van der Waals surface area contributed by atoms with E-state index in [4.69, 9.17) is 0 Å². The molecule has 2 aliphatic rings. The molecule has 1 N–H and O–H groups in total. The molecule has 86 valence electrons. The van der Waals surface area contributed by atoms with Gasteiger partial charge in [0, 0.05) is 10.5 Å². The van der Waals surface area contributed by atoms with E-state index < -0.39 is 0 Å². The summed E-state index contributed by atoms with van der Waals surface area (Å²) >= 11 is 3.70. The number of hydrogen-bond donors (Lipinski definition) is 1. The predicted octanol–water partition coefficient (Wildman–Crippen LogP) is 3.62. The first-order valence-electron chi connectivity index (χ1n) is 6.37. The molecular formula is C14H18BrN. The van der Waals surface area contributed by atoms with Gasteiger partial charge in [-0.15, -0.1) is 0 Å². The summed E-state index contributed by atoms with van der Waals surface area (Å²) < 4.78 is 1.31. The van der Waals surface area contributed by atoms with Crippen molar-refractivity contribution in [3.63, 3.8) is 0 Å². The first kappa shape index (κ1) is 10.8. The Bertz CT molecular complexity index is 382. The van der Waals surface area contributed by atoms with Crippen molar-refractivity contribution in [2.45, 2.75) is 44.1 Å². The van der Waals surface area contributed by atoms with Crippen LogP contribution in [-0.4, -0.2) is 12.6 Å². The summed E-state index contributed by atoms with van der Waals surface area (Å²) in [7, 11) is 0. The summed E-state index contributed by atoms with van der Waals surface area (Å²) in [4.78, 5) is 0. The molecule has 0 saturated carbocycles. The molecule has 1 aromatic carbocycles. The van der Waals surface area contributed by atoms with Gasteiger partial charge < -0.3 is 5.32 Å². The zero-order valence-electron chi connectivity index (χ0n) is 9.51. The molecule has 1 heterocycles. The minimum absolute atomic E-state index is 0.730. The van der Waals surface area contributed by atoms with E-state index in [0.717, 1.165) is 12.0 Å². The summed E-state index contributed by atoms with van der Waals surface area (Å²) in [5, 5.41) is 3.67. The van der Waals surface area contributed by atoms with Crippen LogP contribution in [0.25, 0.3) is 0 Å². The molecule has 2 unspecified atom stereocenters. The lowest BCUT2D eigenvalue weighted by Crippen LogP contribution is -2.31. The molecule has 2 atom stereocenters. The van der Waals surface area contributed by atoms with Crippen molar-refractivity contribution < 1.29 is 0 Å². The second-order valence-electron chi connectivity index (χ2n) is 5.01. The van der Waals surface area contributed by atoms with Gasteiger partial charge in [0.1, 0.15) is 0 Å². The van der Waals surface area contributed by atoms with E-state index >= 15 is 0 Å². The van der Waals surface area contributed by atoms with Crippen molar-refractivity contribution in [2.24, 2.45) is 0 Å². The van der Waals surface area contributed by atoms with Crippen LogP contribution in [0.1, 0.15) is 42.7 Å². The molecule has 0 bridgehead atoms. The van der Waals surface area contributed by atoms with Gasteiger partial charge in [-0.05, 0) is 61.8 Å². The van der Waals surface area contributed by atoms with E-state index in [1.807, 2.05) is 0 Å². The van der Waals surface area contributed by atoms with Gasteiger partial charge in [0.25, 0.3) is 0 Å². The lowest BCUT2D eigenvalue weighted by molar-refractivity contribution is 0.432. The normalized spacial score (nSPS) is 29.1. The van der Waals surface area contributed by atoms with Crippen LogP contribution < -0.4 is 5.32 Å². The van der Waals surface area contributed by atoms with Crippen LogP contribution >= 0.6 is 15.9 Å². The largest absolute Gasteiger partial charge is 0.313 e. The molecule has 0 amide bonds. The third-order valence-corrected chi connectivity index (χ3v) is 4.82. The minimum Gasteiger partial charge on any atom is -0.313 e. The third-order valence-electron chi connectivity index (χ3n) is 4.08. The number of benzene rings is 1. The zero-order valence-corrected chi connectivity index (χ0v) is 11.1. The van der Waals surface area contributed by atoms with Crippen LogP contribution in [0.15, 0.2) is 22.7 Å². The molecule has 1 nitrogen and oxygen atoms in total. The van der Waals surface area contributed by atoms with Crippen molar-refractivity contribution >= 4 is 15.9 Å². The average Bonchev–Trinajstić information content (AvgIpc) is 2.82. The van der Waals surface area contributed by atoms with Crippen LogP contribution in [0, 0.1) is 0 Å². The quantitative estimate of drug-likeness (QED) is 0.828. The van der Waals surface area contributed by atoms with Crippen LogP contribution in [0.2, 0.25) is 0 Å². The Hall–Kier alpha value is -0.340. The number of hydrogen-bond acceptors (Lipinski definition) is 1.